The predicted molar refractivity (Wildman–Crippen MR) is 201 cm³/mol. The van der Waals surface area contributed by atoms with E-state index in [0.29, 0.717) is 46.9 Å². The molecule has 0 amide bonds. The van der Waals surface area contributed by atoms with Crippen molar-refractivity contribution in [3.05, 3.63) is 115 Å². The third-order valence-electron chi connectivity index (χ3n) is 9.36. The van der Waals surface area contributed by atoms with Crippen LogP contribution in [0.4, 0.5) is 29.1 Å². The molecule has 0 radical (unpaired) electrons. The van der Waals surface area contributed by atoms with Crippen LogP contribution < -0.4 is 29.7 Å². The highest BCUT2D eigenvalue weighted by Gasteiger charge is 2.43. The van der Waals surface area contributed by atoms with Gasteiger partial charge in [-0.1, -0.05) is 36.4 Å². The number of anilines is 2. The topological polar surface area (TPSA) is 163 Å². The molecule has 13 nitrogen and oxygen atoms in total. The third-order valence-corrected chi connectivity index (χ3v) is 10.9. The Morgan fingerprint density at radius 2 is 1.66 bits per heavy atom. The lowest BCUT2D eigenvalue weighted by atomic mass is 9.84. The van der Waals surface area contributed by atoms with Crippen molar-refractivity contribution in [2.45, 2.75) is 37.5 Å². The lowest BCUT2D eigenvalue weighted by Crippen LogP contribution is -2.63. The molecule has 1 fully saturated rings. The summed E-state index contributed by atoms with van der Waals surface area (Å²) in [6.45, 7) is 0.303. The summed E-state index contributed by atoms with van der Waals surface area (Å²) in [4.78, 5) is 19.5. The monoisotopic (exact) mass is 792 g/mol. The Hall–Kier alpha value is -5.77. The number of aliphatic hydroxyl groups excluding tert-OH is 1. The van der Waals surface area contributed by atoms with Crippen LogP contribution in [0.15, 0.2) is 97.7 Å². The maximum absolute atomic E-state index is 15.3. The van der Waals surface area contributed by atoms with E-state index in [0.717, 1.165) is 12.1 Å². The number of methoxy groups -OCH3 is 1. The van der Waals surface area contributed by atoms with E-state index < -0.39 is 37.3 Å². The van der Waals surface area contributed by atoms with Gasteiger partial charge >= 0.3 is 7.60 Å². The van der Waals surface area contributed by atoms with Crippen LogP contribution >= 0.6 is 7.60 Å². The number of hydrogen-bond acceptors (Lipinski definition) is 12. The first-order valence-corrected chi connectivity index (χ1v) is 19.2. The third kappa shape index (κ3) is 8.25. The molecule has 1 aliphatic heterocycles. The highest BCUT2D eigenvalue weighted by Crippen LogP contribution is 2.48. The number of benzene rings is 3. The van der Waals surface area contributed by atoms with Gasteiger partial charge in [-0.05, 0) is 54.8 Å². The van der Waals surface area contributed by atoms with Crippen LogP contribution in [0.1, 0.15) is 18.4 Å². The predicted octanol–water partition coefficient (Wildman–Crippen LogP) is 6.87. The van der Waals surface area contributed by atoms with Crippen molar-refractivity contribution in [3.63, 3.8) is 0 Å². The fraction of sp³-hybridized carbons (Fsp3) is 0.263. The Bertz CT molecular complexity index is 2310. The van der Waals surface area contributed by atoms with Gasteiger partial charge in [0.15, 0.2) is 23.0 Å². The summed E-state index contributed by atoms with van der Waals surface area (Å²) in [5.41, 5.74) is 6.30. The zero-order valence-corrected chi connectivity index (χ0v) is 30.8. The minimum absolute atomic E-state index is 0.0380. The second-order valence-corrected chi connectivity index (χ2v) is 15.1. The second-order valence-electron chi connectivity index (χ2n) is 13.2. The molecule has 0 aliphatic carbocycles. The number of aromatic nitrogens is 5. The van der Waals surface area contributed by atoms with Gasteiger partial charge in [0, 0.05) is 24.7 Å². The number of alkyl halides is 2. The van der Waals surface area contributed by atoms with Gasteiger partial charge in [-0.3, -0.25) is 4.98 Å². The number of ether oxygens (including phenoxy) is 1. The van der Waals surface area contributed by atoms with Crippen LogP contribution in [0.25, 0.3) is 22.4 Å². The average Bonchev–Trinajstić information content (AvgIpc) is 3.61. The Morgan fingerprint density at radius 3 is 2.32 bits per heavy atom. The number of para-hydroxylation sites is 2. The van der Waals surface area contributed by atoms with Gasteiger partial charge in [0.25, 0.3) is 6.43 Å². The molecule has 0 bridgehead atoms. The van der Waals surface area contributed by atoms with Crippen LogP contribution in [0.2, 0.25) is 0 Å². The highest BCUT2D eigenvalue weighted by molar-refractivity contribution is 7.54. The maximum Gasteiger partial charge on any atom is 0.449 e. The van der Waals surface area contributed by atoms with E-state index in [1.807, 2.05) is 0 Å². The molecule has 4 heterocycles. The number of hydrogen-bond donors (Lipinski definition) is 3. The van der Waals surface area contributed by atoms with Crippen LogP contribution in [0, 0.1) is 11.6 Å². The van der Waals surface area contributed by atoms with Crippen molar-refractivity contribution in [1.29, 1.82) is 0 Å². The number of pyridine rings is 1. The fourth-order valence-corrected chi connectivity index (χ4v) is 7.98. The minimum Gasteiger partial charge on any atom is -0.494 e. The number of nitrogens with two attached hydrogens (primary N) is 1. The Balaban J connectivity index is 1.22. The molecule has 1 aliphatic rings. The SMILES string of the molecule is COc1cc(F)c(-c2cc(Cn3cnc4c(NCP(=O)(Oc5ccccc5)Oc5ccccc5)ncnc43)c(N3CCC[C@](N)([C@H](O)C(F)F)C3)cn2)cc1F. The van der Waals surface area contributed by atoms with E-state index in [2.05, 4.69) is 25.3 Å². The van der Waals surface area contributed by atoms with Crippen molar-refractivity contribution in [1.82, 2.24) is 24.5 Å². The first kappa shape index (κ1) is 38.5. The fourth-order valence-electron chi connectivity index (χ4n) is 6.59. The Labute approximate surface area is 318 Å². The summed E-state index contributed by atoms with van der Waals surface area (Å²) < 4.78 is 90.0. The van der Waals surface area contributed by atoms with E-state index >= 15 is 4.39 Å². The van der Waals surface area contributed by atoms with Gasteiger partial charge < -0.3 is 39.4 Å². The molecule has 2 atom stereocenters. The molecule has 0 saturated carbocycles. The number of piperidine rings is 1. The number of rotatable bonds is 14. The van der Waals surface area contributed by atoms with Crippen LogP contribution in [-0.4, -0.2) is 74.2 Å². The average molecular weight is 793 g/mol. The summed E-state index contributed by atoms with van der Waals surface area (Å²) in [5.74, 6) is -0.976. The van der Waals surface area contributed by atoms with E-state index in [1.165, 1.54) is 26.0 Å². The van der Waals surface area contributed by atoms with Crippen molar-refractivity contribution >= 4 is 30.3 Å². The van der Waals surface area contributed by atoms with Crippen molar-refractivity contribution in [3.8, 4) is 28.5 Å². The number of nitrogens with one attached hydrogen (secondary N) is 1. The number of nitrogens with zero attached hydrogens (tertiary/aromatic N) is 6. The van der Waals surface area contributed by atoms with Gasteiger partial charge in [-0.25, -0.2) is 37.1 Å². The van der Waals surface area contributed by atoms with E-state index in [9.17, 15) is 22.8 Å². The summed E-state index contributed by atoms with van der Waals surface area (Å²) >= 11 is 0. The molecule has 0 unspecified atom stereocenters. The number of halogens is 4. The van der Waals surface area contributed by atoms with Crippen LogP contribution in [0.3, 0.4) is 0 Å². The van der Waals surface area contributed by atoms with E-state index in [1.54, 1.807) is 76.2 Å². The maximum atomic E-state index is 15.3. The summed E-state index contributed by atoms with van der Waals surface area (Å²) in [7, 11) is -2.69. The zero-order chi connectivity index (χ0) is 39.5. The molecular weight excluding hydrogens is 755 g/mol. The quantitative estimate of drug-likeness (QED) is 0.0777. The van der Waals surface area contributed by atoms with Crippen molar-refractivity contribution < 1.29 is 41.0 Å². The van der Waals surface area contributed by atoms with Gasteiger partial charge in [0.1, 0.15) is 41.6 Å². The second kappa shape index (κ2) is 16.1. The largest absolute Gasteiger partial charge is 0.494 e. The molecule has 3 aromatic heterocycles. The standard InChI is InChI=1S/C38H37F4N8O5P/c1-53-32-17-28(39)27(16-29(32)40)30-15-24(31(18-44-30)49-14-8-13-38(43,20-49)34(51)35(41)42)19-50-22-47-33-36(45-21-46-37(33)50)48-23-56(52,54-25-9-4-2-5-10-25)55-26-11-6-3-7-12-26/h2-7,9-12,15-18,21-22,34-35,51H,8,13-14,19-20,23,43H2,1H3,(H,45,46,48)/t34-,38-/m1/s1. The zero-order valence-electron chi connectivity index (χ0n) is 29.9. The molecule has 6 aromatic rings. The minimum atomic E-state index is -3.91. The van der Waals surface area contributed by atoms with Gasteiger partial charge in [0.2, 0.25) is 0 Å². The molecule has 18 heteroatoms. The van der Waals surface area contributed by atoms with Crippen LogP contribution in [0.5, 0.6) is 17.2 Å². The molecule has 0 spiro atoms. The molecule has 1 saturated heterocycles. The van der Waals surface area contributed by atoms with E-state index in [-0.39, 0.29) is 48.6 Å². The molecule has 7 rings (SSSR count). The molecular formula is C38H37F4N8O5P. The number of imidazole rings is 1. The lowest BCUT2D eigenvalue weighted by molar-refractivity contribution is -0.0529. The van der Waals surface area contributed by atoms with Crippen LogP contribution in [-0.2, 0) is 11.1 Å². The van der Waals surface area contributed by atoms with Gasteiger partial charge in [0.05, 0.1) is 43.1 Å². The first-order valence-electron chi connectivity index (χ1n) is 17.5. The van der Waals surface area contributed by atoms with E-state index in [4.69, 9.17) is 19.5 Å². The number of aliphatic hydroxyl groups is 1. The smallest absolute Gasteiger partial charge is 0.449 e. The first-order chi connectivity index (χ1) is 26.9. The summed E-state index contributed by atoms with van der Waals surface area (Å²) in [6.07, 6.45) is -0.681. The van der Waals surface area contributed by atoms with Gasteiger partial charge in [-0.2, -0.15) is 0 Å². The molecule has 4 N–H and O–H groups in total. The van der Waals surface area contributed by atoms with Crippen molar-refractivity contribution in [2.24, 2.45) is 5.73 Å². The normalized spacial score (nSPS) is 16.5. The summed E-state index contributed by atoms with van der Waals surface area (Å²) in [5, 5.41) is 13.4. The summed E-state index contributed by atoms with van der Waals surface area (Å²) in [6, 6.07) is 20.6. The highest BCUT2D eigenvalue weighted by atomic mass is 31.2. The lowest BCUT2D eigenvalue weighted by Gasteiger charge is -2.44. The van der Waals surface area contributed by atoms with Gasteiger partial charge in [-0.15, -0.1) is 0 Å². The molecule has 56 heavy (non-hydrogen) atoms. The molecule has 3 aromatic carbocycles. The number of fused-ring (bicyclic) bond motifs is 1. The van der Waals surface area contributed by atoms with Crippen molar-refractivity contribution in [2.75, 3.05) is 36.7 Å². The Kier molecular flexibility index (Phi) is 11.1. The Morgan fingerprint density at radius 1 is 0.964 bits per heavy atom. The molecule has 292 valence electrons.